The smallest absolute Gasteiger partial charge is 0.328 e. The normalized spacial score (nSPS) is 11.9. The summed E-state index contributed by atoms with van der Waals surface area (Å²) >= 11 is 7.17. The first kappa shape index (κ1) is 14.7. The summed E-state index contributed by atoms with van der Waals surface area (Å²) in [5, 5.41) is 22.0. The number of urea groups is 1. The Bertz CT molecular complexity index is 424. The molecule has 0 aromatic carbocycles. The summed E-state index contributed by atoms with van der Waals surface area (Å²) in [5.41, 5.74) is 0. The molecule has 0 aliphatic heterocycles. The fourth-order valence-corrected chi connectivity index (χ4v) is 2.27. The van der Waals surface area contributed by atoms with Crippen LogP contribution in [-0.4, -0.2) is 41.4 Å². The van der Waals surface area contributed by atoms with Gasteiger partial charge in [-0.15, -0.1) is 11.3 Å². The van der Waals surface area contributed by atoms with Crippen LogP contribution in [0.1, 0.15) is 4.88 Å². The van der Waals surface area contributed by atoms with Crippen molar-refractivity contribution in [3.8, 4) is 0 Å². The second-order valence-corrected chi connectivity index (χ2v) is 5.23. The first-order valence-corrected chi connectivity index (χ1v) is 6.34. The third-order valence-corrected chi connectivity index (χ3v) is 3.36. The number of hydrogen-bond acceptors (Lipinski definition) is 4. The summed E-state index contributed by atoms with van der Waals surface area (Å²) in [6.45, 7) is -0.288. The lowest BCUT2D eigenvalue weighted by Gasteiger charge is -2.12. The van der Waals surface area contributed by atoms with Crippen LogP contribution in [0.25, 0.3) is 0 Å². The van der Waals surface area contributed by atoms with Gasteiger partial charge in [0.05, 0.1) is 10.9 Å². The van der Waals surface area contributed by atoms with E-state index in [1.807, 2.05) is 6.07 Å². The Hall–Kier alpha value is -1.31. The average Bonchev–Trinajstić information content (AvgIpc) is 2.71. The van der Waals surface area contributed by atoms with Gasteiger partial charge >= 0.3 is 12.0 Å². The molecule has 2 amide bonds. The molecule has 0 bridgehead atoms. The van der Waals surface area contributed by atoms with Gasteiger partial charge in [-0.25, -0.2) is 9.59 Å². The number of thiophene rings is 1. The summed E-state index contributed by atoms with van der Waals surface area (Å²) in [7, 11) is 0. The maximum absolute atomic E-state index is 11.3. The molecule has 0 unspecified atom stereocenters. The molecule has 0 aliphatic carbocycles. The highest BCUT2D eigenvalue weighted by molar-refractivity contribution is 7.16. The van der Waals surface area contributed by atoms with Crippen molar-refractivity contribution in [2.24, 2.45) is 0 Å². The van der Waals surface area contributed by atoms with E-state index in [-0.39, 0.29) is 0 Å². The average molecular weight is 293 g/mol. The second kappa shape index (κ2) is 7.20. The second-order valence-electron chi connectivity index (χ2n) is 3.43. The summed E-state index contributed by atoms with van der Waals surface area (Å²) in [4.78, 5) is 22.9. The number of aliphatic carboxylic acids is 1. The van der Waals surface area contributed by atoms with Crippen LogP contribution in [-0.2, 0) is 11.2 Å². The lowest BCUT2D eigenvalue weighted by atomic mass is 10.3. The number of rotatable bonds is 6. The van der Waals surface area contributed by atoms with Crippen LogP contribution in [0.15, 0.2) is 12.1 Å². The largest absolute Gasteiger partial charge is 0.480 e. The lowest BCUT2D eigenvalue weighted by Crippen LogP contribution is -2.48. The molecule has 4 N–H and O–H groups in total. The number of aliphatic hydroxyl groups excluding tert-OH is 1. The van der Waals surface area contributed by atoms with E-state index < -0.39 is 24.6 Å². The van der Waals surface area contributed by atoms with Crippen LogP contribution >= 0.6 is 22.9 Å². The van der Waals surface area contributed by atoms with E-state index in [1.54, 1.807) is 6.07 Å². The number of carbonyl (C=O) groups is 2. The molecule has 1 aromatic rings. The summed E-state index contributed by atoms with van der Waals surface area (Å²) < 4.78 is 0.681. The third kappa shape index (κ3) is 4.91. The summed E-state index contributed by atoms with van der Waals surface area (Å²) in [6.07, 6.45) is 0.613. The van der Waals surface area contributed by atoms with E-state index in [1.165, 1.54) is 11.3 Å². The van der Waals surface area contributed by atoms with Crippen molar-refractivity contribution in [3.63, 3.8) is 0 Å². The molecule has 0 radical (unpaired) electrons. The van der Waals surface area contributed by atoms with Crippen LogP contribution in [0.4, 0.5) is 4.79 Å². The first-order valence-electron chi connectivity index (χ1n) is 5.15. The minimum atomic E-state index is -1.29. The fourth-order valence-electron chi connectivity index (χ4n) is 1.18. The minimum absolute atomic E-state index is 0.362. The van der Waals surface area contributed by atoms with E-state index >= 15 is 0 Å². The zero-order valence-electron chi connectivity index (χ0n) is 9.35. The topological polar surface area (TPSA) is 98.7 Å². The molecule has 8 heteroatoms. The van der Waals surface area contributed by atoms with Crippen molar-refractivity contribution in [2.45, 2.75) is 12.5 Å². The van der Waals surface area contributed by atoms with E-state index in [2.05, 4.69) is 10.6 Å². The van der Waals surface area contributed by atoms with E-state index in [4.69, 9.17) is 21.8 Å². The Morgan fingerprint density at radius 1 is 1.44 bits per heavy atom. The predicted octanol–water partition coefficient (Wildman–Crippen LogP) is 0.689. The van der Waals surface area contributed by atoms with E-state index in [0.717, 1.165) is 4.88 Å². The van der Waals surface area contributed by atoms with Gasteiger partial charge in [-0.05, 0) is 18.6 Å². The van der Waals surface area contributed by atoms with Crippen molar-refractivity contribution in [3.05, 3.63) is 21.3 Å². The molecule has 1 rings (SSSR count). The summed E-state index contributed by atoms with van der Waals surface area (Å²) in [6, 6.07) is 1.72. The van der Waals surface area contributed by atoms with Crippen LogP contribution in [0, 0.1) is 0 Å². The van der Waals surface area contributed by atoms with Crippen molar-refractivity contribution in [2.75, 3.05) is 13.2 Å². The highest BCUT2D eigenvalue weighted by Gasteiger charge is 2.18. The molecule has 18 heavy (non-hydrogen) atoms. The Morgan fingerprint density at radius 2 is 2.17 bits per heavy atom. The van der Waals surface area contributed by atoms with E-state index in [9.17, 15) is 9.59 Å². The van der Waals surface area contributed by atoms with Crippen LogP contribution < -0.4 is 10.6 Å². The molecule has 1 aromatic heterocycles. The van der Waals surface area contributed by atoms with Crippen molar-refractivity contribution >= 4 is 34.9 Å². The zero-order valence-corrected chi connectivity index (χ0v) is 10.9. The van der Waals surface area contributed by atoms with Crippen molar-refractivity contribution in [1.29, 1.82) is 0 Å². The predicted molar refractivity (Wildman–Crippen MR) is 68.1 cm³/mol. The minimum Gasteiger partial charge on any atom is -0.480 e. The van der Waals surface area contributed by atoms with Gasteiger partial charge in [0.2, 0.25) is 0 Å². The quantitative estimate of drug-likeness (QED) is 0.620. The number of aliphatic hydroxyl groups is 1. The highest BCUT2D eigenvalue weighted by Crippen LogP contribution is 2.21. The molecule has 1 heterocycles. The molecule has 0 aliphatic rings. The van der Waals surface area contributed by atoms with Crippen molar-refractivity contribution < 1.29 is 19.8 Å². The molecule has 0 saturated carbocycles. The molecular weight excluding hydrogens is 280 g/mol. The van der Waals surface area contributed by atoms with Crippen molar-refractivity contribution in [1.82, 2.24) is 10.6 Å². The lowest BCUT2D eigenvalue weighted by molar-refractivity contribution is -0.140. The Labute approximate surface area is 113 Å². The Kier molecular flexibility index (Phi) is 5.90. The van der Waals surface area contributed by atoms with Gasteiger partial charge in [0.15, 0.2) is 6.04 Å². The molecule has 100 valence electrons. The zero-order chi connectivity index (χ0) is 13.5. The van der Waals surface area contributed by atoms with Gasteiger partial charge in [-0.3, -0.25) is 0 Å². The summed E-state index contributed by atoms with van der Waals surface area (Å²) in [5.74, 6) is -1.28. The number of halogens is 1. The van der Waals surface area contributed by atoms with Gasteiger partial charge < -0.3 is 20.8 Å². The monoisotopic (exact) mass is 292 g/mol. The maximum atomic E-state index is 11.3. The number of hydrogen-bond donors (Lipinski definition) is 4. The van der Waals surface area contributed by atoms with Crippen LogP contribution in [0.5, 0.6) is 0 Å². The SMILES string of the molecule is O=C(NCCc1ccc(Cl)s1)N[C@@H](CO)C(=O)O. The molecule has 6 nitrogen and oxygen atoms in total. The van der Waals surface area contributed by atoms with Gasteiger partial charge in [0, 0.05) is 11.4 Å². The fraction of sp³-hybridized carbons (Fsp3) is 0.400. The molecule has 1 atom stereocenters. The molecule has 0 fully saturated rings. The Morgan fingerprint density at radius 3 is 2.67 bits per heavy atom. The van der Waals surface area contributed by atoms with Gasteiger partial charge in [0.1, 0.15) is 0 Å². The van der Waals surface area contributed by atoms with Gasteiger partial charge in [0.25, 0.3) is 0 Å². The number of nitrogens with one attached hydrogen (secondary N) is 2. The number of carbonyl (C=O) groups excluding carboxylic acids is 1. The molecular formula is C10H13ClN2O4S. The van der Waals surface area contributed by atoms with Gasteiger partial charge in [-0.1, -0.05) is 11.6 Å². The van der Waals surface area contributed by atoms with Gasteiger partial charge in [-0.2, -0.15) is 0 Å². The van der Waals surface area contributed by atoms with Crippen LogP contribution in [0.2, 0.25) is 4.34 Å². The number of carboxylic acids is 1. The Balaban J connectivity index is 2.26. The first-order chi connectivity index (χ1) is 8.52. The van der Waals surface area contributed by atoms with Crippen LogP contribution in [0.3, 0.4) is 0 Å². The highest BCUT2D eigenvalue weighted by atomic mass is 35.5. The standard InChI is InChI=1S/C10H13ClN2O4S/c11-8-2-1-6(18-8)3-4-12-10(17)13-7(5-14)9(15)16/h1-2,7,14H,3-5H2,(H,15,16)(H2,12,13,17)/t7-/m0/s1. The third-order valence-electron chi connectivity index (χ3n) is 2.07. The maximum Gasteiger partial charge on any atom is 0.328 e. The van der Waals surface area contributed by atoms with E-state index in [0.29, 0.717) is 17.3 Å². The number of carboxylic acid groups (broad SMARTS) is 1. The molecule has 0 spiro atoms. The molecule has 0 saturated heterocycles. The number of amides is 2.